The third kappa shape index (κ3) is 0.846. The zero-order valence-corrected chi connectivity index (χ0v) is 5.42. The van der Waals surface area contributed by atoms with Crippen molar-refractivity contribution in [2.75, 3.05) is 0 Å². The van der Waals surface area contributed by atoms with Crippen LogP contribution in [0.3, 0.4) is 0 Å². The Morgan fingerprint density at radius 2 is 2.43 bits per heavy atom. The second kappa shape index (κ2) is 1.69. The summed E-state index contributed by atoms with van der Waals surface area (Å²) in [6.45, 7) is 0. The zero-order valence-electron chi connectivity index (χ0n) is 3.26. The van der Waals surface area contributed by atoms with Gasteiger partial charge >= 0.3 is 5.91 Å². The van der Waals surface area contributed by atoms with Crippen molar-refractivity contribution in [1.29, 1.82) is 0 Å². The lowest BCUT2D eigenvalue weighted by molar-refractivity contribution is -0.113. The quantitative estimate of drug-likeness (QED) is 0.552. The molecule has 3 nitrogen and oxygen atoms in total. The number of halogens is 1. The minimum absolute atomic E-state index is 0.236. The Labute approximate surface area is 53.6 Å². The van der Waals surface area contributed by atoms with Gasteiger partial charge in [-0.3, -0.25) is 4.79 Å². The molecule has 0 atom stereocenters. The van der Waals surface area contributed by atoms with Crippen molar-refractivity contribution in [1.82, 2.24) is 0 Å². The van der Waals surface area contributed by atoms with Gasteiger partial charge in [0, 0.05) is 0 Å². The average molecular weight is 208 g/mol. The molecule has 7 heavy (non-hydrogen) atoms. The van der Waals surface area contributed by atoms with E-state index in [1.165, 1.54) is 6.20 Å². The molecule has 0 saturated heterocycles. The number of amides is 1. The van der Waals surface area contributed by atoms with Gasteiger partial charge in [0.05, 0.1) is 6.20 Å². The van der Waals surface area contributed by atoms with E-state index in [1.807, 2.05) is 22.6 Å². The van der Waals surface area contributed by atoms with E-state index < -0.39 is 0 Å². The SMILES string of the molecule is O=C1N=NC=C1I. The lowest BCUT2D eigenvalue weighted by atomic mass is 10.6. The number of carbonyl (C=O) groups excluding carboxylic acids is 1. The summed E-state index contributed by atoms with van der Waals surface area (Å²) in [5, 5.41) is 6.55. The van der Waals surface area contributed by atoms with E-state index in [0.29, 0.717) is 3.58 Å². The zero-order chi connectivity index (χ0) is 5.28. The third-order valence-corrected chi connectivity index (χ3v) is 1.26. The van der Waals surface area contributed by atoms with Crippen LogP contribution in [0, 0.1) is 0 Å². The van der Waals surface area contributed by atoms with Gasteiger partial charge in [-0.15, -0.1) is 5.11 Å². The standard InChI is InChI=1S/C3HIN2O/c4-2-1-5-6-3(2)7/h1H. The van der Waals surface area contributed by atoms with Gasteiger partial charge in [0.1, 0.15) is 3.58 Å². The second-order valence-electron chi connectivity index (χ2n) is 0.998. The molecule has 0 spiro atoms. The van der Waals surface area contributed by atoms with Crippen LogP contribution in [0.25, 0.3) is 0 Å². The molecule has 0 aromatic carbocycles. The third-order valence-electron chi connectivity index (χ3n) is 0.524. The molecule has 1 amide bonds. The van der Waals surface area contributed by atoms with E-state index in [9.17, 15) is 4.79 Å². The highest BCUT2D eigenvalue weighted by atomic mass is 127. The number of hydrogen-bond donors (Lipinski definition) is 0. The van der Waals surface area contributed by atoms with Gasteiger partial charge < -0.3 is 0 Å². The summed E-state index contributed by atoms with van der Waals surface area (Å²) < 4.78 is 0.581. The monoisotopic (exact) mass is 208 g/mol. The van der Waals surface area contributed by atoms with Crippen LogP contribution < -0.4 is 0 Å². The summed E-state index contributed by atoms with van der Waals surface area (Å²) >= 11 is 1.88. The number of azo groups is 1. The molecule has 1 aliphatic heterocycles. The highest BCUT2D eigenvalue weighted by molar-refractivity contribution is 14.1. The van der Waals surface area contributed by atoms with Crippen molar-refractivity contribution < 1.29 is 4.79 Å². The smallest absolute Gasteiger partial charge is 0.264 e. The Kier molecular flexibility index (Phi) is 1.18. The molecule has 36 valence electrons. The maximum atomic E-state index is 10.2. The summed E-state index contributed by atoms with van der Waals surface area (Å²) in [7, 11) is 0. The first-order valence-corrected chi connectivity index (χ1v) is 2.69. The fraction of sp³-hybridized carbons (Fsp3) is 0. The van der Waals surface area contributed by atoms with Gasteiger partial charge in [0.15, 0.2) is 0 Å². The van der Waals surface area contributed by atoms with E-state index in [1.54, 1.807) is 0 Å². The lowest BCUT2D eigenvalue weighted by Crippen LogP contribution is -1.82. The van der Waals surface area contributed by atoms with E-state index in [0.717, 1.165) is 0 Å². The first-order valence-electron chi connectivity index (χ1n) is 1.61. The van der Waals surface area contributed by atoms with E-state index in [2.05, 4.69) is 10.2 Å². The molecule has 0 bridgehead atoms. The van der Waals surface area contributed by atoms with Crippen LogP contribution >= 0.6 is 22.6 Å². The summed E-state index contributed by atoms with van der Waals surface area (Å²) in [5.74, 6) is -0.236. The van der Waals surface area contributed by atoms with Crippen molar-refractivity contribution >= 4 is 28.5 Å². The molecule has 0 aromatic rings. The molecule has 0 N–H and O–H groups in total. The second-order valence-corrected chi connectivity index (χ2v) is 2.16. The van der Waals surface area contributed by atoms with Gasteiger partial charge in [0.25, 0.3) is 0 Å². The molecular weight excluding hydrogens is 207 g/mol. The molecule has 0 unspecified atom stereocenters. The van der Waals surface area contributed by atoms with Gasteiger partial charge in [-0.1, -0.05) is 0 Å². The summed E-state index contributed by atoms with van der Waals surface area (Å²) in [5.41, 5.74) is 0. The van der Waals surface area contributed by atoms with E-state index in [4.69, 9.17) is 0 Å². The van der Waals surface area contributed by atoms with Crippen LogP contribution in [0.15, 0.2) is 20.0 Å². The minimum atomic E-state index is -0.236. The van der Waals surface area contributed by atoms with Crippen LogP contribution in [0.5, 0.6) is 0 Å². The summed E-state index contributed by atoms with van der Waals surface area (Å²) in [6.07, 6.45) is 1.43. The van der Waals surface area contributed by atoms with Gasteiger partial charge in [0.2, 0.25) is 0 Å². The molecule has 0 fully saturated rings. The fourth-order valence-electron chi connectivity index (χ4n) is 0.235. The summed E-state index contributed by atoms with van der Waals surface area (Å²) in [4.78, 5) is 10.2. The van der Waals surface area contributed by atoms with Crippen molar-refractivity contribution in [3.8, 4) is 0 Å². The van der Waals surface area contributed by atoms with Gasteiger partial charge in [-0.05, 0) is 22.6 Å². The Bertz CT molecular complexity index is 160. The number of nitrogens with zero attached hydrogens (tertiary/aromatic N) is 2. The molecule has 0 saturated carbocycles. The minimum Gasteiger partial charge on any atom is -0.264 e. The Balaban J connectivity index is 2.89. The normalized spacial score (nSPS) is 17.9. The van der Waals surface area contributed by atoms with Crippen molar-refractivity contribution in [2.45, 2.75) is 0 Å². The molecule has 0 radical (unpaired) electrons. The maximum Gasteiger partial charge on any atom is 0.303 e. The number of rotatable bonds is 0. The summed E-state index contributed by atoms with van der Waals surface area (Å²) in [6, 6.07) is 0. The lowest BCUT2D eigenvalue weighted by Gasteiger charge is -1.72. The first kappa shape index (κ1) is 4.89. The largest absolute Gasteiger partial charge is 0.303 e. The average Bonchev–Trinajstić information content (AvgIpc) is 1.91. The van der Waals surface area contributed by atoms with Crippen molar-refractivity contribution in [3.05, 3.63) is 9.78 Å². The Morgan fingerprint density at radius 3 is 2.57 bits per heavy atom. The first-order chi connectivity index (χ1) is 3.30. The van der Waals surface area contributed by atoms with E-state index in [-0.39, 0.29) is 5.91 Å². The molecule has 0 aliphatic carbocycles. The molecule has 0 aromatic heterocycles. The van der Waals surface area contributed by atoms with Gasteiger partial charge in [-0.2, -0.15) is 5.11 Å². The molecule has 1 heterocycles. The van der Waals surface area contributed by atoms with Crippen molar-refractivity contribution in [2.24, 2.45) is 10.2 Å². The number of hydrogen-bond acceptors (Lipinski definition) is 2. The maximum absolute atomic E-state index is 10.2. The topological polar surface area (TPSA) is 41.8 Å². The highest BCUT2D eigenvalue weighted by Gasteiger charge is 2.07. The molecule has 1 rings (SSSR count). The predicted octanol–water partition coefficient (Wildman–Crippen LogP) is 1.26. The van der Waals surface area contributed by atoms with Gasteiger partial charge in [-0.25, -0.2) is 0 Å². The van der Waals surface area contributed by atoms with Crippen LogP contribution in [-0.2, 0) is 4.79 Å². The Morgan fingerprint density at radius 1 is 1.71 bits per heavy atom. The fourth-order valence-corrected chi connectivity index (χ4v) is 0.467. The highest BCUT2D eigenvalue weighted by Crippen LogP contribution is 2.13. The van der Waals surface area contributed by atoms with Crippen LogP contribution in [0.4, 0.5) is 0 Å². The van der Waals surface area contributed by atoms with E-state index >= 15 is 0 Å². The number of carbonyl (C=O) groups is 1. The van der Waals surface area contributed by atoms with Crippen molar-refractivity contribution in [3.63, 3.8) is 0 Å². The van der Waals surface area contributed by atoms with Crippen LogP contribution in [0.1, 0.15) is 0 Å². The molecule has 4 heteroatoms. The predicted molar refractivity (Wildman–Crippen MR) is 32.0 cm³/mol. The van der Waals surface area contributed by atoms with Crippen LogP contribution in [-0.4, -0.2) is 5.91 Å². The Hall–Kier alpha value is -0.260. The van der Waals surface area contributed by atoms with Crippen LogP contribution in [0.2, 0.25) is 0 Å². The molecule has 1 aliphatic rings. The molecular formula is C3HIN2O.